The van der Waals surface area contributed by atoms with Crippen molar-refractivity contribution in [2.45, 2.75) is 44.9 Å². The van der Waals surface area contributed by atoms with Crippen molar-refractivity contribution in [1.82, 2.24) is 0 Å². The molecule has 0 aliphatic heterocycles. The van der Waals surface area contributed by atoms with Crippen LogP contribution in [0.3, 0.4) is 0 Å². The molecule has 0 aliphatic carbocycles. The maximum atomic E-state index is 8.03. The summed E-state index contributed by atoms with van der Waals surface area (Å²) in [5.41, 5.74) is 5.36. The van der Waals surface area contributed by atoms with Crippen LogP contribution < -0.4 is 5.73 Å². The normalized spacial score (nSPS) is 10.5. The van der Waals surface area contributed by atoms with Gasteiger partial charge in [-0.3, -0.25) is 5.26 Å². The average Bonchev–Trinajstić information content (AvgIpc) is 2.10. The van der Waals surface area contributed by atoms with Gasteiger partial charge in [-0.15, -0.1) is 0 Å². The van der Waals surface area contributed by atoms with E-state index in [1.165, 1.54) is 25.7 Å². The van der Waals surface area contributed by atoms with Crippen molar-refractivity contribution >= 4 is 0 Å². The Hall–Kier alpha value is -0.120. The first-order chi connectivity index (χ1) is 5.91. The van der Waals surface area contributed by atoms with Gasteiger partial charge >= 0.3 is 0 Å². The van der Waals surface area contributed by atoms with E-state index in [4.69, 9.17) is 11.0 Å². The second-order valence-electron chi connectivity index (χ2n) is 3.10. The first kappa shape index (κ1) is 11.9. The third-order valence-corrected chi connectivity index (χ3v) is 1.94. The molecular formula is C9H21NO2. The molecule has 0 radical (unpaired) electrons. The molecule has 0 heterocycles. The smallest absolute Gasteiger partial charge is 0.0819 e. The second kappa shape index (κ2) is 10.9. The lowest BCUT2D eigenvalue weighted by atomic mass is 10.1. The Bertz CT molecular complexity index is 68.9. The molecule has 0 amide bonds. The van der Waals surface area contributed by atoms with Crippen LogP contribution in [0, 0.1) is 0 Å². The molecule has 0 rings (SSSR count). The second-order valence-corrected chi connectivity index (χ2v) is 3.10. The van der Waals surface area contributed by atoms with E-state index in [0.717, 1.165) is 25.8 Å². The van der Waals surface area contributed by atoms with Crippen LogP contribution in [0.1, 0.15) is 44.9 Å². The first-order valence-electron chi connectivity index (χ1n) is 4.88. The van der Waals surface area contributed by atoms with E-state index in [-0.39, 0.29) is 0 Å². The van der Waals surface area contributed by atoms with Gasteiger partial charge in [-0.05, 0) is 19.4 Å². The van der Waals surface area contributed by atoms with E-state index in [2.05, 4.69) is 4.89 Å². The summed E-state index contributed by atoms with van der Waals surface area (Å²) in [4.78, 5) is 3.97. The Kier molecular flexibility index (Phi) is 10.8. The third kappa shape index (κ3) is 9.88. The van der Waals surface area contributed by atoms with Crippen LogP contribution in [0.5, 0.6) is 0 Å². The largest absolute Gasteiger partial charge is 0.330 e. The zero-order valence-corrected chi connectivity index (χ0v) is 7.80. The van der Waals surface area contributed by atoms with Gasteiger partial charge in [0.15, 0.2) is 0 Å². The Morgan fingerprint density at radius 3 is 1.83 bits per heavy atom. The molecule has 0 saturated carbocycles. The lowest BCUT2D eigenvalue weighted by Crippen LogP contribution is -1.97. The molecule has 0 aliphatic rings. The summed E-state index contributed by atoms with van der Waals surface area (Å²) in [5.74, 6) is 0. The van der Waals surface area contributed by atoms with E-state index in [0.29, 0.717) is 6.61 Å². The van der Waals surface area contributed by atoms with Gasteiger partial charge in [-0.25, -0.2) is 4.89 Å². The van der Waals surface area contributed by atoms with E-state index < -0.39 is 0 Å². The molecule has 0 aromatic heterocycles. The fourth-order valence-electron chi connectivity index (χ4n) is 1.19. The maximum Gasteiger partial charge on any atom is 0.0819 e. The monoisotopic (exact) mass is 175 g/mol. The molecule has 3 nitrogen and oxygen atoms in total. The summed E-state index contributed by atoms with van der Waals surface area (Å²) < 4.78 is 0. The number of hydrogen-bond acceptors (Lipinski definition) is 3. The average molecular weight is 175 g/mol. The van der Waals surface area contributed by atoms with Crippen LogP contribution in [0.4, 0.5) is 0 Å². The fraction of sp³-hybridized carbons (Fsp3) is 1.00. The number of hydrogen-bond donors (Lipinski definition) is 2. The Labute approximate surface area is 74.8 Å². The number of unbranched alkanes of at least 4 members (excludes halogenated alkanes) is 6. The summed E-state index contributed by atoms with van der Waals surface area (Å²) >= 11 is 0. The minimum atomic E-state index is 0.475. The Morgan fingerprint density at radius 1 is 0.833 bits per heavy atom. The van der Waals surface area contributed by atoms with Gasteiger partial charge in [0.05, 0.1) is 6.61 Å². The van der Waals surface area contributed by atoms with Crippen LogP contribution in [-0.4, -0.2) is 18.4 Å². The molecule has 3 N–H and O–H groups in total. The van der Waals surface area contributed by atoms with Gasteiger partial charge in [0.1, 0.15) is 0 Å². The molecule has 0 aromatic rings. The van der Waals surface area contributed by atoms with Gasteiger partial charge in [0.2, 0.25) is 0 Å². The lowest BCUT2D eigenvalue weighted by molar-refractivity contribution is -0.242. The molecule has 0 atom stereocenters. The molecule has 0 unspecified atom stereocenters. The summed E-state index contributed by atoms with van der Waals surface area (Å²) in [6.07, 6.45) is 8.35. The van der Waals surface area contributed by atoms with Gasteiger partial charge < -0.3 is 5.73 Å². The molecule has 0 saturated heterocycles. The highest BCUT2D eigenvalue weighted by Crippen LogP contribution is 2.06. The highest BCUT2D eigenvalue weighted by Gasteiger charge is 1.90. The van der Waals surface area contributed by atoms with E-state index in [1.807, 2.05) is 0 Å². The minimum Gasteiger partial charge on any atom is -0.330 e. The van der Waals surface area contributed by atoms with Crippen molar-refractivity contribution in [1.29, 1.82) is 0 Å². The summed E-state index contributed by atoms with van der Waals surface area (Å²) in [6, 6.07) is 0. The van der Waals surface area contributed by atoms with Crippen molar-refractivity contribution in [3.8, 4) is 0 Å². The molecule has 0 aromatic carbocycles. The van der Waals surface area contributed by atoms with E-state index in [9.17, 15) is 0 Å². The van der Waals surface area contributed by atoms with Crippen molar-refractivity contribution in [3.63, 3.8) is 0 Å². The van der Waals surface area contributed by atoms with Crippen molar-refractivity contribution < 1.29 is 10.1 Å². The SMILES string of the molecule is NCCCCCCCCCOO. The van der Waals surface area contributed by atoms with E-state index >= 15 is 0 Å². The molecule has 12 heavy (non-hydrogen) atoms. The van der Waals surface area contributed by atoms with E-state index in [1.54, 1.807) is 0 Å². The van der Waals surface area contributed by atoms with Crippen LogP contribution in [-0.2, 0) is 4.89 Å². The Morgan fingerprint density at radius 2 is 1.33 bits per heavy atom. The molecule has 0 bridgehead atoms. The first-order valence-corrected chi connectivity index (χ1v) is 4.88. The predicted molar refractivity (Wildman–Crippen MR) is 50.0 cm³/mol. The summed E-state index contributed by atoms with van der Waals surface area (Å²) in [5, 5.41) is 8.03. The number of nitrogens with two attached hydrogens (primary N) is 1. The third-order valence-electron chi connectivity index (χ3n) is 1.94. The molecule has 0 spiro atoms. The van der Waals surface area contributed by atoms with Gasteiger partial charge in [0.25, 0.3) is 0 Å². The van der Waals surface area contributed by atoms with Crippen LogP contribution in [0.25, 0.3) is 0 Å². The number of rotatable bonds is 9. The minimum absolute atomic E-state index is 0.475. The van der Waals surface area contributed by atoms with Crippen LogP contribution >= 0.6 is 0 Å². The van der Waals surface area contributed by atoms with Gasteiger partial charge in [-0.2, -0.15) is 0 Å². The van der Waals surface area contributed by atoms with Gasteiger partial charge in [-0.1, -0.05) is 32.1 Å². The molecule has 3 heteroatoms. The van der Waals surface area contributed by atoms with Crippen molar-refractivity contribution in [2.24, 2.45) is 5.73 Å². The lowest BCUT2D eigenvalue weighted by Gasteiger charge is -1.99. The van der Waals surface area contributed by atoms with Crippen molar-refractivity contribution in [2.75, 3.05) is 13.2 Å². The highest BCUT2D eigenvalue weighted by molar-refractivity contribution is 4.45. The highest BCUT2D eigenvalue weighted by atomic mass is 17.1. The van der Waals surface area contributed by atoms with Crippen molar-refractivity contribution in [3.05, 3.63) is 0 Å². The molecule has 74 valence electrons. The zero-order chi connectivity index (χ0) is 9.07. The van der Waals surface area contributed by atoms with Crippen LogP contribution in [0.2, 0.25) is 0 Å². The topological polar surface area (TPSA) is 55.5 Å². The predicted octanol–water partition coefficient (Wildman–Crippen LogP) is 2.17. The maximum absolute atomic E-state index is 8.03. The fourth-order valence-corrected chi connectivity index (χ4v) is 1.19. The summed E-state index contributed by atoms with van der Waals surface area (Å²) in [7, 11) is 0. The molecule has 0 fully saturated rings. The molecular weight excluding hydrogens is 154 g/mol. The zero-order valence-electron chi connectivity index (χ0n) is 7.80. The quantitative estimate of drug-likeness (QED) is 0.321. The summed E-state index contributed by atoms with van der Waals surface area (Å²) in [6.45, 7) is 1.29. The standard InChI is InChI=1S/C9H21NO2/c10-8-6-4-2-1-3-5-7-9-12-11/h11H,1-10H2. The van der Waals surface area contributed by atoms with Gasteiger partial charge in [0, 0.05) is 0 Å². The van der Waals surface area contributed by atoms with Crippen LogP contribution in [0.15, 0.2) is 0 Å². The Balaban J connectivity index is 2.73.